The third-order valence-electron chi connectivity index (χ3n) is 3.36. The van der Waals surface area contributed by atoms with E-state index in [9.17, 15) is 10.2 Å². The fourth-order valence-electron chi connectivity index (χ4n) is 2.35. The summed E-state index contributed by atoms with van der Waals surface area (Å²) in [5.41, 5.74) is 2.40. The molecule has 0 aromatic heterocycles. The fourth-order valence-corrected chi connectivity index (χ4v) is 2.70. The molecular weight excluding hydrogens is 316 g/mol. The zero-order valence-corrected chi connectivity index (χ0v) is 12.5. The fraction of sp³-hybridized carbons (Fsp3) is 0.0588. The molecule has 3 aromatic carbocycles. The molecule has 0 aliphatic carbocycles. The van der Waals surface area contributed by atoms with E-state index in [1.165, 1.54) is 0 Å². The molecule has 0 fully saturated rings. The molecule has 100 valence electrons. The van der Waals surface area contributed by atoms with Crippen LogP contribution in [0, 0.1) is 6.92 Å². The van der Waals surface area contributed by atoms with E-state index in [1.54, 1.807) is 18.2 Å². The number of hydrogen-bond donors (Lipinski definition) is 2. The lowest BCUT2D eigenvalue weighted by atomic mass is 9.98. The number of fused-ring (bicyclic) bond motifs is 1. The van der Waals surface area contributed by atoms with Crippen LogP contribution in [0.1, 0.15) is 5.56 Å². The van der Waals surface area contributed by atoms with Crippen molar-refractivity contribution in [2.24, 2.45) is 0 Å². The second kappa shape index (κ2) is 4.84. The lowest BCUT2D eigenvalue weighted by molar-refractivity contribution is 0.469. The zero-order valence-electron chi connectivity index (χ0n) is 10.9. The first-order valence-electron chi connectivity index (χ1n) is 6.27. The van der Waals surface area contributed by atoms with Gasteiger partial charge in [-0.05, 0) is 48.0 Å². The Balaban J connectivity index is 2.25. The molecule has 3 heteroatoms. The van der Waals surface area contributed by atoms with E-state index in [1.807, 2.05) is 37.3 Å². The summed E-state index contributed by atoms with van der Waals surface area (Å²) < 4.78 is 0.801. The van der Waals surface area contributed by atoms with Crippen molar-refractivity contribution < 1.29 is 10.2 Å². The number of rotatable bonds is 1. The van der Waals surface area contributed by atoms with E-state index < -0.39 is 0 Å². The van der Waals surface area contributed by atoms with Gasteiger partial charge in [-0.25, -0.2) is 0 Å². The highest BCUT2D eigenvalue weighted by atomic mass is 79.9. The van der Waals surface area contributed by atoms with Gasteiger partial charge in [-0.15, -0.1) is 0 Å². The van der Waals surface area contributed by atoms with Crippen molar-refractivity contribution in [1.82, 2.24) is 0 Å². The van der Waals surface area contributed by atoms with Crippen molar-refractivity contribution in [1.29, 1.82) is 0 Å². The third-order valence-corrected chi connectivity index (χ3v) is 3.85. The lowest BCUT2D eigenvalue weighted by Gasteiger charge is -2.10. The van der Waals surface area contributed by atoms with E-state index in [0.717, 1.165) is 20.8 Å². The number of aromatic hydroxyl groups is 2. The number of phenols is 2. The molecule has 2 N–H and O–H groups in total. The van der Waals surface area contributed by atoms with Crippen LogP contribution in [-0.2, 0) is 0 Å². The molecule has 0 atom stereocenters. The van der Waals surface area contributed by atoms with Gasteiger partial charge in [0.1, 0.15) is 11.5 Å². The number of hydrogen-bond acceptors (Lipinski definition) is 2. The number of benzene rings is 3. The van der Waals surface area contributed by atoms with Crippen molar-refractivity contribution >= 4 is 26.7 Å². The minimum atomic E-state index is 0.140. The van der Waals surface area contributed by atoms with Crippen LogP contribution in [0.25, 0.3) is 21.9 Å². The molecule has 0 bridgehead atoms. The molecule has 0 aliphatic heterocycles. The molecule has 2 nitrogen and oxygen atoms in total. The van der Waals surface area contributed by atoms with Crippen molar-refractivity contribution in [3.05, 3.63) is 58.6 Å². The Morgan fingerprint density at radius 3 is 2.25 bits per heavy atom. The molecule has 0 unspecified atom stereocenters. The molecule has 3 rings (SSSR count). The average Bonchev–Trinajstić information content (AvgIpc) is 2.38. The van der Waals surface area contributed by atoms with E-state index >= 15 is 0 Å². The molecule has 3 aromatic rings. The highest BCUT2D eigenvalue weighted by Crippen LogP contribution is 2.39. The summed E-state index contributed by atoms with van der Waals surface area (Å²) in [5, 5.41) is 22.3. The van der Waals surface area contributed by atoms with Crippen LogP contribution in [0.5, 0.6) is 11.5 Å². The Kier molecular flexibility index (Phi) is 3.14. The topological polar surface area (TPSA) is 40.5 Å². The molecular formula is C17H13BrO2. The maximum Gasteiger partial charge on any atom is 0.124 e. The summed E-state index contributed by atoms with van der Waals surface area (Å²) in [4.78, 5) is 0. The minimum Gasteiger partial charge on any atom is -0.507 e. The third kappa shape index (κ3) is 2.25. The monoisotopic (exact) mass is 328 g/mol. The Labute approximate surface area is 125 Å². The highest BCUT2D eigenvalue weighted by molar-refractivity contribution is 9.10. The molecule has 0 spiro atoms. The van der Waals surface area contributed by atoms with Gasteiger partial charge in [0.2, 0.25) is 0 Å². The molecule has 0 saturated carbocycles. The summed E-state index contributed by atoms with van der Waals surface area (Å²) in [5.74, 6) is 0.307. The summed E-state index contributed by atoms with van der Waals surface area (Å²) in [6.07, 6.45) is 0. The van der Waals surface area contributed by atoms with Gasteiger partial charge in [-0.3, -0.25) is 0 Å². The minimum absolute atomic E-state index is 0.140. The first-order chi connectivity index (χ1) is 9.54. The van der Waals surface area contributed by atoms with Gasteiger partial charge < -0.3 is 10.2 Å². The van der Waals surface area contributed by atoms with Crippen molar-refractivity contribution in [2.75, 3.05) is 0 Å². The highest BCUT2D eigenvalue weighted by Gasteiger charge is 2.11. The predicted octanol–water partition coefficient (Wildman–Crippen LogP) is 4.99. The Hall–Kier alpha value is -2.00. The summed E-state index contributed by atoms with van der Waals surface area (Å²) in [7, 11) is 0. The molecule has 0 radical (unpaired) electrons. The number of halogens is 1. The Morgan fingerprint density at radius 1 is 0.750 bits per heavy atom. The van der Waals surface area contributed by atoms with E-state index in [-0.39, 0.29) is 11.5 Å². The number of phenolic OH excluding ortho intramolecular Hbond substituents is 2. The van der Waals surface area contributed by atoms with E-state index in [4.69, 9.17) is 0 Å². The molecule has 20 heavy (non-hydrogen) atoms. The van der Waals surface area contributed by atoms with Gasteiger partial charge in [0, 0.05) is 15.6 Å². The Morgan fingerprint density at radius 2 is 1.50 bits per heavy atom. The van der Waals surface area contributed by atoms with Gasteiger partial charge in [0.25, 0.3) is 0 Å². The first kappa shape index (κ1) is 13.0. The van der Waals surface area contributed by atoms with Crippen LogP contribution in [0.15, 0.2) is 53.0 Å². The van der Waals surface area contributed by atoms with Crippen molar-refractivity contribution in [2.45, 2.75) is 6.92 Å². The standard InChI is InChI=1S/C17H13BrO2/c1-10-2-3-11-7-15(16(19)8-12(11)6-10)14-5-4-13(18)9-17(14)20/h2-9,19-20H,1H3. The number of aryl methyl sites for hydroxylation is 1. The van der Waals surface area contributed by atoms with Crippen molar-refractivity contribution in [3.8, 4) is 22.6 Å². The largest absolute Gasteiger partial charge is 0.507 e. The zero-order chi connectivity index (χ0) is 14.3. The van der Waals surface area contributed by atoms with Crippen molar-refractivity contribution in [3.63, 3.8) is 0 Å². The maximum atomic E-state index is 10.2. The van der Waals surface area contributed by atoms with Gasteiger partial charge in [0.05, 0.1) is 0 Å². The van der Waals surface area contributed by atoms with Crippen LogP contribution >= 0.6 is 15.9 Å². The van der Waals surface area contributed by atoms with Crippen LogP contribution in [0.2, 0.25) is 0 Å². The first-order valence-corrected chi connectivity index (χ1v) is 7.06. The van der Waals surface area contributed by atoms with Crippen LogP contribution in [-0.4, -0.2) is 10.2 Å². The van der Waals surface area contributed by atoms with Gasteiger partial charge in [-0.1, -0.05) is 39.7 Å². The van der Waals surface area contributed by atoms with Gasteiger partial charge in [0.15, 0.2) is 0 Å². The van der Waals surface area contributed by atoms with E-state index in [0.29, 0.717) is 11.1 Å². The van der Waals surface area contributed by atoms with Crippen LogP contribution in [0.3, 0.4) is 0 Å². The SMILES string of the molecule is Cc1ccc2cc(-c3ccc(Br)cc3O)c(O)cc2c1. The molecule has 0 amide bonds. The summed E-state index contributed by atoms with van der Waals surface area (Å²) in [6, 6.07) is 15.0. The molecule has 0 saturated heterocycles. The second-order valence-electron chi connectivity index (χ2n) is 4.88. The molecule has 0 aliphatic rings. The molecule has 0 heterocycles. The maximum absolute atomic E-state index is 10.2. The van der Waals surface area contributed by atoms with Crippen LogP contribution in [0.4, 0.5) is 0 Å². The smallest absolute Gasteiger partial charge is 0.124 e. The quantitative estimate of drug-likeness (QED) is 0.660. The van der Waals surface area contributed by atoms with Gasteiger partial charge in [-0.2, -0.15) is 0 Å². The normalized spacial score (nSPS) is 10.9. The summed E-state index contributed by atoms with van der Waals surface area (Å²) in [6.45, 7) is 2.02. The van der Waals surface area contributed by atoms with Crippen LogP contribution < -0.4 is 0 Å². The van der Waals surface area contributed by atoms with E-state index in [2.05, 4.69) is 15.9 Å². The summed E-state index contributed by atoms with van der Waals surface area (Å²) >= 11 is 3.31. The predicted molar refractivity (Wildman–Crippen MR) is 85.2 cm³/mol. The van der Waals surface area contributed by atoms with Gasteiger partial charge >= 0.3 is 0 Å². The average molecular weight is 329 g/mol. The lowest BCUT2D eigenvalue weighted by Crippen LogP contribution is -1.83. The second-order valence-corrected chi connectivity index (χ2v) is 5.80. The Bertz CT molecular complexity index is 809.